The first-order valence-corrected chi connectivity index (χ1v) is 10.2. The summed E-state index contributed by atoms with van der Waals surface area (Å²) in [6.07, 6.45) is 7.79. The Morgan fingerprint density at radius 2 is 2.11 bits per heavy atom. The lowest BCUT2D eigenvalue weighted by molar-refractivity contribution is -0.136. The highest BCUT2D eigenvalue weighted by Gasteiger charge is 2.31. The van der Waals surface area contributed by atoms with Gasteiger partial charge in [-0.1, -0.05) is 31.2 Å². The third kappa shape index (κ3) is 3.39. The van der Waals surface area contributed by atoms with E-state index >= 15 is 0 Å². The maximum Gasteiger partial charge on any atom is 0.314 e. The predicted molar refractivity (Wildman–Crippen MR) is 111 cm³/mol. The van der Waals surface area contributed by atoms with Crippen molar-refractivity contribution in [2.45, 2.75) is 32.6 Å². The smallest absolute Gasteiger partial charge is 0.314 e. The first-order valence-electron chi connectivity index (χ1n) is 10.2. The molecule has 1 saturated heterocycles. The number of nitrogens with two attached hydrogens (primary N) is 1. The Labute approximate surface area is 165 Å². The number of H-pyrrole nitrogens is 1. The zero-order chi connectivity index (χ0) is 19.7. The number of carbonyl (C=O) groups is 2. The summed E-state index contributed by atoms with van der Waals surface area (Å²) in [7, 11) is 0. The van der Waals surface area contributed by atoms with Crippen molar-refractivity contribution in [3.05, 3.63) is 41.6 Å². The number of amides is 3. The van der Waals surface area contributed by atoms with Gasteiger partial charge in [0.1, 0.15) is 0 Å². The van der Waals surface area contributed by atoms with Gasteiger partial charge in [0.25, 0.3) is 0 Å². The van der Waals surface area contributed by atoms with Gasteiger partial charge in [-0.2, -0.15) is 0 Å². The van der Waals surface area contributed by atoms with E-state index < -0.39 is 6.03 Å². The standard InChI is InChI=1S/C22H28N4O2/c1-2-15-5-3-7-18-19(13-24-20(15)18)16-8-11-25(12-9-16)21(27)17-6-4-10-26(14-17)22(23)28/h3,5,7-8,13,17,24H,2,4,6,9-12,14H2,1H3,(H2,23,28). The summed E-state index contributed by atoms with van der Waals surface area (Å²) in [5.74, 6) is 0.0184. The van der Waals surface area contributed by atoms with E-state index in [0.29, 0.717) is 19.6 Å². The Balaban J connectivity index is 1.48. The molecule has 3 amide bonds. The first-order chi connectivity index (χ1) is 13.6. The van der Waals surface area contributed by atoms with Crippen LogP contribution in [0.25, 0.3) is 16.5 Å². The lowest BCUT2D eigenvalue weighted by atomic mass is 9.94. The fraction of sp³-hybridized carbons (Fsp3) is 0.455. The van der Waals surface area contributed by atoms with E-state index in [1.54, 1.807) is 4.90 Å². The largest absolute Gasteiger partial charge is 0.360 e. The molecule has 0 aliphatic carbocycles. The molecule has 0 spiro atoms. The molecule has 2 aliphatic rings. The van der Waals surface area contributed by atoms with Gasteiger partial charge >= 0.3 is 6.03 Å². The fourth-order valence-electron chi connectivity index (χ4n) is 4.53. The number of hydrogen-bond acceptors (Lipinski definition) is 2. The molecule has 1 unspecified atom stereocenters. The van der Waals surface area contributed by atoms with Crippen LogP contribution in [-0.4, -0.2) is 52.9 Å². The van der Waals surface area contributed by atoms with Crippen LogP contribution in [0.1, 0.15) is 37.3 Å². The number of rotatable bonds is 3. The van der Waals surface area contributed by atoms with Crippen LogP contribution in [0.15, 0.2) is 30.5 Å². The number of fused-ring (bicyclic) bond motifs is 1. The second kappa shape index (κ2) is 7.70. The van der Waals surface area contributed by atoms with Crippen LogP contribution >= 0.6 is 0 Å². The lowest BCUT2D eigenvalue weighted by Crippen LogP contribution is -2.49. The molecule has 1 aromatic carbocycles. The molecular formula is C22H28N4O2. The number of nitrogens with zero attached hydrogens (tertiary/aromatic N) is 2. The number of piperidine rings is 1. The van der Waals surface area contributed by atoms with E-state index in [4.69, 9.17) is 5.73 Å². The summed E-state index contributed by atoms with van der Waals surface area (Å²) in [5.41, 5.74) is 10.5. The van der Waals surface area contributed by atoms with Crippen molar-refractivity contribution in [3.8, 4) is 0 Å². The maximum absolute atomic E-state index is 12.9. The first kappa shape index (κ1) is 18.6. The van der Waals surface area contributed by atoms with E-state index in [9.17, 15) is 9.59 Å². The molecule has 1 atom stereocenters. The maximum atomic E-state index is 12.9. The molecule has 6 heteroatoms. The highest BCUT2D eigenvalue weighted by molar-refractivity contribution is 5.95. The number of likely N-dealkylation sites (tertiary alicyclic amines) is 1. The highest BCUT2D eigenvalue weighted by Crippen LogP contribution is 2.31. The third-order valence-electron chi connectivity index (χ3n) is 6.13. The normalized spacial score (nSPS) is 20.3. The summed E-state index contributed by atoms with van der Waals surface area (Å²) in [6.45, 7) is 4.62. The number of aryl methyl sites for hydroxylation is 1. The van der Waals surface area contributed by atoms with Crippen LogP contribution in [0.3, 0.4) is 0 Å². The molecule has 3 heterocycles. The molecule has 4 rings (SSSR count). The number of urea groups is 1. The van der Waals surface area contributed by atoms with Crippen molar-refractivity contribution in [3.63, 3.8) is 0 Å². The predicted octanol–water partition coefficient (Wildman–Crippen LogP) is 3.14. The van der Waals surface area contributed by atoms with E-state index in [1.165, 1.54) is 27.6 Å². The van der Waals surface area contributed by atoms with E-state index in [0.717, 1.165) is 32.2 Å². The molecule has 1 aromatic heterocycles. The third-order valence-corrected chi connectivity index (χ3v) is 6.13. The van der Waals surface area contributed by atoms with Gasteiger partial charge in [0.15, 0.2) is 0 Å². The molecule has 6 nitrogen and oxygen atoms in total. The molecule has 2 aliphatic heterocycles. The number of para-hydroxylation sites is 1. The summed E-state index contributed by atoms with van der Waals surface area (Å²) < 4.78 is 0. The number of carbonyl (C=O) groups excluding carboxylic acids is 2. The molecular weight excluding hydrogens is 352 g/mol. The van der Waals surface area contributed by atoms with Gasteiger partial charge in [0, 0.05) is 48.8 Å². The van der Waals surface area contributed by atoms with Crippen LogP contribution in [0.4, 0.5) is 4.79 Å². The Kier molecular flexibility index (Phi) is 5.11. The SMILES string of the molecule is CCc1cccc2c(C3=CCN(C(=O)C4CCCN(C(N)=O)C4)CC3)c[nH]c12. The quantitative estimate of drug-likeness (QED) is 0.858. The zero-order valence-corrected chi connectivity index (χ0v) is 16.4. The number of benzene rings is 1. The Hall–Kier alpha value is -2.76. The van der Waals surface area contributed by atoms with E-state index in [-0.39, 0.29) is 11.8 Å². The van der Waals surface area contributed by atoms with Gasteiger partial charge < -0.3 is 20.5 Å². The molecule has 28 heavy (non-hydrogen) atoms. The van der Waals surface area contributed by atoms with Crippen molar-refractivity contribution in [1.82, 2.24) is 14.8 Å². The van der Waals surface area contributed by atoms with Crippen molar-refractivity contribution < 1.29 is 9.59 Å². The van der Waals surface area contributed by atoms with Gasteiger partial charge in [0.05, 0.1) is 5.92 Å². The van der Waals surface area contributed by atoms with Crippen LogP contribution in [0.5, 0.6) is 0 Å². The van der Waals surface area contributed by atoms with Gasteiger partial charge in [-0.3, -0.25) is 4.79 Å². The lowest BCUT2D eigenvalue weighted by Gasteiger charge is -2.35. The summed E-state index contributed by atoms with van der Waals surface area (Å²) in [5, 5.41) is 1.26. The highest BCUT2D eigenvalue weighted by atomic mass is 16.2. The van der Waals surface area contributed by atoms with Crippen LogP contribution < -0.4 is 5.73 Å². The average Bonchev–Trinajstić information content (AvgIpc) is 3.17. The van der Waals surface area contributed by atoms with Crippen molar-refractivity contribution in [2.24, 2.45) is 11.7 Å². The Morgan fingerprint density at radius 3 is 2.82 bits per heavy atom. The number of aromatic nitrogens is 1. The average molecular weight is 380 g/mol. The van der Waals surface area contributed by atoms with Gasteiger partial charge in [-0.25, -0.2) is 4.79 Å². The number of primary amides is 1. The minimum atomic E-state index is -0.427. The Morgan fingerprint density at radius 1 is 1.25 bits per heavy atom. The fourth-order valence-corrected chi connectivity index (χ4v) is 4.53. The molecule has 3 N–H and O–H groups in total. The minimum Gasteiger partial charge on any atom is -0.360 e. The van der Waals surface area contributed by atoms with Crippen molar-refractivity contribution in [2.75, 3.05) is 26.2 Å². The number of aromatic amines is 1. The molecule has 0 saturated carbocycles. The van der Waals surface area contributed by atoms with Crippen LogP contribution in [0.2, 0.25) is 0 Å². The van der Waals surface area contributed by atoms with E-state index in [2.05, 4.69) is 42.4 Å². The zero-order valence-electron chi connectivity index (χ0n) is 16.4. The van der Waals surface area contributed by atoms with Gasteiger partial charge in [-0.05, 0) is 36.8 Å². The summed E-state index contributed by atoms with van der Waals surface area (Å²) in [4.78, 5) is 31.3. The van der Waals surface area contributed by atoms with Gasteiger partial charge in [-0.15, -0.1) is 0 Å². The summed E-state index contributed by atoms with van der Waals surface area (Å²) >= 11 is 0. The van der Waals surface area contributed by atoms with Gasteiger partial charge in [0.2, 0.25) is 5.91 Å². The number of nitrogens with one attached hydrogen (secondary N) is 1. The topological polar surface area (TPSA) is 82.4 Å². The van der Waals surface area contributed by atoms with Crippen LogP contribution in [0, 0.1) is 5.92 Å². The molecule has 148 valence electrons. The monoisotopic (exact) mass is 380 g/mol. The second-order valence-electron chi connectivity index (χ2n) is 7.78. The summed E-state index contributed by atoms with van der Waals surface area (Å²) in [6, 6.07) is 6.02. The number of hydrogen-bond donors (Lipinski definition) is 2. The Bertz CT molecular complexity index is 930. The van der Waals surface area contributed by atoms with Crippen LogP contribution in [-0.2, 0) is 11.2 Å². The molecule has 0 radical (unpaired) electrons. The van der Waals surface area contributed by atoms with E-state index in [1.807, 2.05) is 4.90 Å². The minimum absolute atomic E-state index is 0.128. The van der Waals surface area contributed by atoms with Crippen molar-refractivity contribution in [1.29, 1.82) is 0 Å². The molecule has 2 aromatic rings. The molecule has 0 bridgehead atoms. The molecule has 1 fully saturated rings. The second-order valence-corrected chi connectivity index (χ2v) is 7.78. The van der Waals surface area contributed by atoms with Crippen molar-refractivity contribution >= 4 is 28.4 Å².